The second-order valence-corrected chi connectivity index (χ2v) is 6.44. The van der Waals surface area contributed by atoms with E-state index >= 15 is 0 Å². The van der Waals surface area contributed by atoms with Crippen LogP contribution in [0.15, 0.2) is 0 Å². The van der Waals surface area contributed by atoms with E-state index in [1.807, 2.05) is 0 Å². The summed E-state index contributed by atoms with van der Waals surface area (Å²) < 4.78 is 29.6. The fourth-order valence-corrected chi connectivity index (χ4v) is 3.79. The van der Waals surface area contributed by atoms with Gasteiger partial charge in [0.2, 0.25) is 0 Å². The van der Waals surface area contributed by atoms with Gasteiger partial charge in [-0.15, -0.1) is 0 Å². The van der Waals surface area contributed by atoms with E-state index in [9.17, 15) is 8.42 Å². The van der Waals surface area contributed by atoms with Crippen LogP contribution in [0.1, 0.15) is 38.5 Å². The minimum absolute atomic E-state index is 0.0547. The molecule has 0 saturated heterocycles. The molecule has 82 valence electrons. The van der Waals surface area contributed by atoms with Gasteiger partial charge in [-0.25, -0.2) is 0 Å². The molecule has 0 spiro atoms. The topological polar surface area (TPSA) is 54.4 Å². The average Bonchev–Trinajstić information content (AvgIpc) is 2.62. The Labute approximate surface area is 85.6 Å². The SMILES string of the molecule is O=S(=O)(O)CCCC1CC2CCC1C2. The monoisotopic (exact) mass is 218 g/mol. The molecule has 2 aliphatic rings. The number of rotatable bonds is 4. The third-order valence-corrected chi connectivity index (χ3v) is 4.67. The van der Waals surface area contributed by atoms with Crippen LogP contribution in [-0.2, 0) is 10.1 Å². The standard InChI is InChI=1S/C10H18O3S/c11-14(12,13)5-1-2-9-6-8-3-4-10(9)7-8/h8-10H,1-7H2,(H,11,12,13). The molecule has 2 aliphatic carbocycles. The molecule has 14 heavy (non-hydrogen) atoms. The minimum Gasteiger partial charge on any atom is -0.286 e. The van der Waals surface area contributed by atoms with Crippen molar-refractivity contribution in [1.82, 2.24) is 0 Å². The molecule has 0 amide bonds. The molecule has 0 aromatic heterocycles. The summed E-state index contributed by atoms with van der Waals surface area (Å²) in [5.74, 6) is 2.48. The molecule has 0 aliphatic heterocycles. The van der Waals surface area contributed by atoms with Crippen LogP contribution in [0.25, 0.3) is 0 Å². The van der Waals surface area contributed by atoms with Crippen LogP contribution in [0, 0.1) is 17.8 Å². The Bertz CT molecular complexity index is 296. The van der Waals surface area contributed by atoms with E-state index in [1.54, 1.807) is 0 Å². The van der Waals surface area contributed by atoms with Crippen molar-refractivity contribution >= 4 is 10.1 Å². The van der Waals surface area contributed by atoms with Gasteiger partial charge in [-0.2, -0.15) is 8.42 Å². The fraction of sp³-hybridized carbons (Fsp3) is 1.00. The van der Waals surface area contributed by atoms with Crippen molar-refractivity contribution in [2.24, 2.45) is 17.8 Å². The van der Waals surface area contributed by atoms with Gasteiger partial charge in [0, 0.05) is 0 Å². The third-order valence-electron chi connectivity index (χ3n) is 3.86. The van der Waals surface area contributed by atoms with Gasteiger partial charge in [0.05, 0.1) is 5.75 Å². The molecule has 1 N–H and O–H groups in total. The zero-order valence-electron chi connectivity index (χ0n) is 8.35. The Balaban J connectivity index is 1.72. The van der Waals surface area contributed by atoms with Crippen LogP contribution in [0.5, 0.6) is 0 Å². The lowest BCUT2D eigenvalue weighted by atomic mass is 9.86. The Hall–Kier alpha value is -0.0900. The summed E-state index contributed by atoms with van der Waals surface area (Å²) in [4.78, 5) is 0. The van der Waals surface area contributed by atoms with E-state index in [0.717, 1.165) is 24.2 Å². The van der Waals surface area contributed by atoms with Gasteiger partial charge >= 0.3 is 0 Å². The van der Waals surface area contributed by atoms with Crippen molar-refractivity contribution in [2.45, 2.75) is 38.5 Å². The summed E-state index contributed by atoms with van der Waals surface area (Å²) in [6, 6.07) is 0. The van der Waals surface area contributed by atoms with Crippen LogP contribution in [0.2, 0.25) is 0 Å². The molecule has 3 unspecified atom stereocenters. The van der Waals surface area contributed by atoms with E-state index in [4.69, 9.17) is 4.55 Å². The van der Waals surface area contributed by atoms with E-state index in [1.165, 1.54) is 25.7 Å². The van der Waals surface area contributed by atoms with Crippen LogP contribution in [-0.4, -0.2) is 18.7 Å². The van der Waals surface area contributed by atoms with Crippen LogP contribution < -0.4 is 0 Å². The van der Waals surface area contributed by atoms with Crippen LogP contribution >= 0.6 is 0 Å². The molecule has 0 radical (unpaired) electrons. The predicted molar refractivity (Wildman–Crippen MR) is 54.6 cm³/mol. The number of hydrogen-bond donors (Lipinski definition) is 1. The smallest absolute Gasteiger partial charge is 0.264 e. The maximum atomic E-state index is 10.5. The highest BCUT2D eigenvalue weighted by Gasteiger charge is 2.38. The van der Waals surface area contributed by atoms with Crippen molar-refractivity contribution in [3.05, 3.63) is 0 Å². The molecule has 4 heteroatoms. The molecule has 0 aromatic rings. The van der Waals surface area contributed by atoms with Crippen molar-refractivity contribution in [1.29, 1.82) is 0 Å². The van der Waals surface area contributed by atoms with Gasteiger partial charge < -0.3 is 0 Å². The first-order chi connectivity index (χ1) is 6.54. The largest absolute Gasteiger partial charge is 0.286 e. The Morgan fingerprint density at radius 3 is 2.50 bits per heavy atom. The molecule has 3 atom stereocenters. The van der Waals surface area contributed by atoms with Gasteiger partial charge in [-0.1, -0.05) is 6.42 Å². The van der Waals surface area contributed by atoms with Crippen molar-refractivity contribution in [2.75, 3.05) is 5.75 Å². The Morgan fingerprint density at radius 1 is 1.21 bits per heavy atom. The molecule has 2 rings (SSSR count). The average molecular weight is 218 g/mol. The normalized spacial score (nSPS) is 36.5. The predicted octanol–water partition coefficient (Wildman–Crippen LogP) is 2.09. The fourth-order valence-electron chi connectivity index (χ4n) is 3.26. The van der Waals surface area contributed by atoms with Crippen molar-refractivity contribution in [3.63, 3.8) is 0 Å². The summed E-state index contributed by atoms with van der Waals surface area (Å²) in [6.07, 6.45) is 7.03. The van der Waals surface area contributed by atoms with Gasteiger partial charge in [0.1, 0.15) is 0 Å². The first-order valence-corrected chi connectivity index (χ1v) is 7.10. The lowest BCUT2D eigenvalue weighted by Crippen LogP contribution is -2.12. The van der Waals surface area contributed by atoms with Crippen LogP contribution in [0.3, 0.4) is 0 Å². The molecule has 2 saturated carbocycles. The number of fused-ring (bicyclic) bond motifs is 2. The highest BCUT2D eigenvalue weighted by atomic mass is 32.2. The summed E-state index contributed by atoms with van der Waals surface area (Å²) in [5, 5.41) is 0. The molecule has 3 nitrogen and oxygen atoms in total. The van der Waals surface area contributed by atoms with E-state index in [2.05, 4.69) is 0 Å². The summed E-state index contributed by atoms with van der Waals surface area (Å²) in [7, 11) is -3.73. The van der Waals surface area contributed by atoms with E-state index < -0.39 is 10.1 Å². The summed E-state index contributed by atoms with van der Waals surface area (Å²) in [5.41, 5.74) is 0. The van der Waals surface area contributed by atoms with E-state index in [0.29, 0.717) is 6.42 Å². The maximum Gasteiger partial charge on any atom is 0.264 e. The molecular weight excluding hydrogens is 200 g/mol. The second kappa shape index (κ2) is 3.81. The quantitative estimate of drug-likeness (QED) is 0.735. The Kier molecular flexibility index (Phi) is 2.84. The highest BCUT2D eigenvalue weighted by molar-refractivity contribution is 7.85. The van der Waals surface area contributed by atoms with Crippen molar-refractivity contribution in [3.8, 4) is 0 Å². The first-order valence-electron chi connectivity index (χ1n) is 5.50. The zero-order valence-corrected chi connectivity index (χ0v) is 9.17. The highest BCUT2D eigenvalue weighted by Crippen LogP contribution is 2.49. The lowest BCUT2D eigenvalue weighted by molar-refractivity contribution is 0.311. The summed E-state index contributed by atoms with van der Waals surface area (Å²) >= 11 is 0. The van der Waals surface area contributed by atoms with Crippen LogP contribution in [0.4, 0.5) is 0 Å². The molecule has 2 fully saturated rings. The molecule has 0 heterocycles. The van der Waals surface area contributed by atoms with Gasteiger partial charge in [-0.05, 0) is 49.9 Å². The first kappa shape index (κ1) is 10.4. The number of hydrogen-bond acceptors (Lipinski definition) is 2. The second-order valence-electron chi connectivity index (χ2n) is 4.86. The lowest BCUT2D eigenvalue weighted by Gasteiger charge is -2.20. The van der Waals surface area contributed by atoms with Gasteiger partial charge in [0.25, 0.3) is 10.1 Å². The minimum atomic E-state index is -3.73. The maximum absolute atomic E-state index is 10.5. The van der Waals surface area contributed by atoms with E-state index in [-0.39, 0.29) is 5.75 Å². The van der Waals surface area contributed by atoms with Gasteiger partial charge in [-0.3, -0.25) is 4.55 Å². The molecule has 2 bridgehead atoms. The molecular formula is C10H18O3S. The zero-order chi connectivity index (χ0) is 10.2. The molecule has 0 aromatic carbocycles. The summed E-state index contributed by atoms with van der Waals surface area (Å²) in [6.45, 7) is 0. The van der Waals surface area contributed by atoms with Gasteiger partial charge in [0.15, 0.2) is 0 Å². The third kappa shape index (κ3) is 2.48. The Morgan fingerprint density at radius 2 is 2.00 bits per heavy atom. The van der Waals surface area contributed by atoms with Crippen molar-refractivity contribution < 1.29 is 13.0 Å².